The van der Waals surface area contributed by atoms with Crippen LogP contribution in [-0.4, -0.2) is 12.7 Å². The largest absolute Gasteiger partial charge is 0.402 e. The third-order valence-electron chi connectivity index (χ3n) is 2.12. The molecule has 0 fully saturated rings. The van der Waals surface area contributed by atoms with Gasteiger partial charge < -0.3 is 4.43 Å². The molecule has 0 aliphatic carbocycles. The normalized spacial score (nSPS) is 12.0. The molecule has 0 saturated carbocycles. The van der Waals surface area contributed by atoms with Gasteiger partial charge in [-0.05, 0) is 6.04 Å². The molecule has 0 bridgehead atoms. The van der Waals surface area contributed by atoms with E-state index in [1.165, 1.54) is 38.5 Å². The van der Waals surface area contributed by atoms with Crippen LogP contribution in [0.4, 0.5) is 0 Å². The molecule has 0 aromatic carbocycles. The first-order valence-corrected chi connectivity index (χ1v) is 11.7. The molecular formula is C9H20Br2OSi. The van der Waals surface area contributed by atoms with Gasteiger partial charge in [0.15, 0.2) is 0 Å². The van der Waals surface area contributed by atoms with E-state index < -0.39 is 5.56 Å². The van der Waals surface area contributed by atoms with Crippen molar-refractivity contribution in [1.29, 1.82) is 0 Å². The molecule has 0 saturated heterocycles. The summed E-state index contributed by atoms with van der Waals surface area (Å²) in [4.78, 5) is 0. The van der Waals surface area contributed by atoms with Gasteiger partial charge in [-0.25, -0.2) is 0 Å². The standard InChI is InChI=1S/C9H20Br2OSi/c1-3-4-5-6-7-8-9-13(10,11)12-2/h3-9H2,1-2H3. The molecule has 0 aliphatic rings. The summed E-state index contributed by atoms with van der Waals surface area (Å²) in [7, 11) is 1.77. The zero-order valence-corrected chi connectivity index (χ0v) is 12.8. The van der Waals surface area contributed by atoms with E-state index in [0.717, 1.165) is 6.04 Å². The van der Waals surface area contributed by atoms with E-state index in [4.69, 9.17) is 4.43 Å². The number of hydrogen-bond donors (Lipinski definition) is 0. The maximum Gasteiger partial charge on any atom is 0.335 e. The molecular weight excluding hydrogens is 312 g/mol. The Morgan fingerprint density at radius 3 is 2.08 bits per heavy atom. The average Bonchev–Trinajstić information content (AvgIpc) is 2.11. The zero-order chi connectivity index (χ0) is 10.2. The summed E-state index contributed by atoms with van der Waals surface area (Å²) in [5.41, 5.74) is -1.62. The second kappa shape index (κ2) is 8.45. The van der Waals surface area contributed by atoms with E-state index in [0.29, 0.717) is 0 Å². The lowest BCUT2D eigenvalue weighted by Crippen LogP contribution is -2.19. The predicted octanol–water partition coefficient (Wildman–Crippen LogP) is 4.72. The Morgan fingerprint density at radius 2 is 1.54 bits per heavy atom. The summed E-state index contributed by atoms with van der Waals surface area (Å²) in [6, 6.07) is 1.16. The van der Waals surface area contributed by atoms with E-state index in [-0.39, 0.29) is 0 Å². The van der Waals surface area contributed by atoms with Crippen molar-refractivity contribution in [3.8, 4) is 0 Å². The van der Waals surface area contributed by atoms with Gasteiger partial charge in [-0.1, -0.05) is 76.0 Å². The zero-order valence-electron chi connectivity index (χ0n) is 8.61. The van der Waals surface area contributed by atoms with Crippen LogP contribution in [0.2, 0.25) is 6.04 Å². The number of unbranched alkanes of at least 4 members (excludes halogenated alkanes) is 5. The molecule has 80 valence electrons. The van der Waals surface area contributed by atoms with Crippen molar-refractivity contribution in [1.82, 2.24) is 0 Å². The van der Waals surface area contributed by atoms with Gasteiger partial charge >= 0.3 is 5.56 Å². The van der Waals surface area contributed by atoms with Crippen LogP contribution in [-0.2, 0) is 4.43 Å². The molecule has 0 radical (unpaired) electrons. The van der Waals surface area contributed by atoms with Gasteiger partial charge in [0.05, 0.1) is 0 Å². The fourth-order valence-electron chi connectivity index (χ4n) is 1.21. The summed E-state index contributed by atoms with van der Waals surface area (Å²) < 4.78 is 5.34. The highest BCUT2D eigenvalue weighted by atomic mass is 79.9. The third kappa shape index (κ3) is 9.44. The quantitative estimate of drug-likeness (QED) is 0.355. The fourth-order valence-corrected chi connectivity index (χ4v) is 3.76. The molecule has 0 N–H and O–H groups in total. The number of halogens is 2. The van der Waals surface area contributed by atoms with Gasteiger partial charge in [-0.15, -0.1) is 0 Å². The van der Waals surface area contributed by atoms with Crippen molar-refractivity contribution in [3.05, 3.63) is 0 Å². The van der Waals surface area contributed by atoms with Crippen LogP contribution in [0.15, 0.2) is 0 Å². The Morgan fingerprint density at radius 1 is 1.00 bits per heavy atom. The third-order valence-corrected chi connectivity index (χ3v) is 7.97. The lowest BCUT2D eigenvalue weighted by molar-refractivity contribution is 0.429. The van der Waals surface area contributed by atoms with E-state index in [1.807, 2.05) is 0 Å². The predicted molar refractivity (Wildman–Crippen MR) is 68.8 cm³/mol. The highest BCUT2D eigenvalue weighted by Gasteiger charge is 2.25. The summed E-state index contributed by atoms with van der Waals surface area (Å²) in [5, 5.41) is 0. The minimum Gasteiger partial charge on any atom is -0.402 e. The summed E-state index contributed by atoms with van der Waals surface area (Å²) >= 11 is 7.19. The Bertz CT molecular complexity index is 120. The van der Waals surface area contributed by atoms with Crippen molar-refractivity contribution >= 4 is 36.1 Å². The van der Waals surface area contributed by atoms with Crippen LogP contribution in [0.5, 0.6) is 0 Å². The molecule has 13 heavy (non-hydrogen) atoms. The van der Waals surface area contributed by atoms with Gasteiger partial charge in [-0.2, -0.15) is 0 Å². The lowest BCUT2D eigenvalue weighted by atomic mass is 10.1. The minimum atomic E-state index is -1.62. The van der Waals surface area contributed by atoms with Crippen LogP contribution in [0.25, 0.3) is 0 Å². The molecule has 0 unspecified atom stereocenters. The van der Waals surface area contributed by atoms with Gasteiger partial charge in [0.25, 0.3) is 0 Å². The van der Waals surface area contributed by atoms with Crippen LogP contribution >= 0.6 is 30.6 Å². The molecule has 0 rings (SSSR count). The Hall–Kier alpha value is 1.14. The van der Waals surface area contributed by atoms with Crippen LogP contribution in [0.3, 0.4) is 0 Å². The van der Waals surface area contributed by atoms with Gasteiger partial charge in [0, 0.05) is 7.11 Å². The summed E-state index contributed by atoms with van der Waals surface area (Å²) in [5.74, 6) is 0. The van der Waals surface area contributed by atoms with Crippen molar-refractivity contribution in [2.45, 2.75) is 51.5 Å². The van der Waals surface area contributed by atoms with Gasteiger partial charge in [0.2, 0.25) is 0 Å². The highest BCUT2D eigenvalue weighted by molar-refractivity contribution is 9.50. The van der Waals surface area contributed by atoms with E-state index >= 15 is 0 Å². The monoisotopic (exact) mass is 330 g/mol. The maximum absolute atomic E-state index is 5.34. The van der Waals surface area contributed by atoms with Crippen LogP contribution < -0.4 is 0 Å². The maximum atomic E-state index is 5.34. The summed E-state index contributed by atoms with van der Waals surface area (Å²) in [6.07, 6.45) is 8.10. The summed E-state index contributed by atoms with van der Waals surface area (Å²) in [6.45, 7) is 2.25. The first-order valence-electron chi connectivity index (χ1n) is 5.05. The molecule has 0 amide bonds. The minimum absolute atomic E-state index is 1.16. The molecule has 0 heterocycles. The van der Waals surface area contributed by atoms with Gasteiger partial charge in [0.1, 0.15) is 0 Å². The first kappa shape index (κ1) is 14.1. The van der Waals surface area contributed by atoms with Crippen LogP contribution in [0, 0.1) is 0 Å². The molecule has 4 heteroatoms. The SMILES string of the molecule is CCCCCCCC[Si](Br)(Br)OC. The Labute approximate surface area is 98.9 Å². The Balaban J connectivity index is 3.16. The number of rotatable bonds is 8. The smallest absolute Gasteiger partial charge is 0.335 e. The van der Waals surface area contributed by atoms with Crippen molar-refractivity contribution in [3.63, 3.8) is 0 Å². The Kier molecular flexibility index (Phi) is 9.18. The molecule has 0 aromatic rings. The molecule has 0 aliphatic heterocycles. The van der Waals surface area contributed by atoms with Crippen LogP contribution in [0.1, 0.15) is 45.4 Å². The second-order valence-electron chi connectivity index (χ2n) is 3.36. The number of hydrogen-bond acceptors (Lipinski definition) is 1. The van der Waals surface area contributed by atoms with E-state index in [1.54, 1.807) is 7.11 Å². The van der Waals surface area contributed by atoms with Crippen molar-refractivity contribution in [2.75, 3.05) is 7.11 Å². The first-order chi connectivity index (χ1) is 6.12. The van der Waals surface area contributed by atoms with E-state index in [9.17, 15) is 0 Å². The molecule has 0 atom stereocenters. The molecule has 1 nitrogen and oxygen atoms in total. The fraction of sp³-hybridized carbons (Fsp3) is 1.00. The lowest BCUT2D eigenvalue weighted by Gasteiger charge is -2.14. The van der Waals surface area contributed by atoms with Crippen molar-refractivity contribution in [2.24, 2.45) is 0 Å². The average molecular weight is 332 g/mol. The molecule has 0 aromatic heterocycles. The second-order valence-corrected chi connectivity index (χ2v) is 16.4. The van der Waals surface area contributed by atoms with Crippen molar-refractivity contribution < 1.29 is 4.43 Å². The topological polar surface area (TPSA) is 9.23 Å². The molecule has 0 spiro atoms. The van der Waals surface area contributed by atoms with Gasteiger partial charge in [-0.3, -0.25) is 0 Å². The van der Waals surface area contributed by atoms with E-state index in [2.05, 4.69) is 37.5 Å². The highest BCUT2D eigenvalue weighted by Crippen LogP contribution is 2.28.